The van der Waals surface area contributed by atoms with Crippen LogP contribution in [0.4, 0.5) is 0 Å². The topological polar surface area (TPSA) is 37.4 Å². The van der Waals surface area contributed by atoms with Crippen molar-refractivity contribution < 1.29 is 8.42 Å². The quantitative estimate of drug-likeness (QED) is 0.729. The maximum absolute atomic E-state index is 12.1. The highest BCUT2D eigenvalue weighted by atomic mass is 32.2. The highest BCUT2D eigenvalue weighted by molar-refractivity contribution is 7.90. The normalized spacial score (nSPS) is 33.3. The molecule has 1 aliphatic carbocycles. The van der Waals surface area contributed by atoms with E-state index in [1.165, 1.54) is 19.3 Å². The van der Waals surface area contributed by atoms with Crippen molar-refractivity contribution in [1.82, 2.24) is 4.31 Å². The molecule has 15 heavy (non-hydrogen) atoms. The molecule has 1 saturated carbocycles. The van der Waals surface area contributed by atoms with E-state index in [1.807, 2.05) is 6.92 Å². The summed E-state index contributed by atoms with van der Waals surface area (Å²) in [6, 6.07) is 0. The third-order valence-electron chi connectivity index (χ3n) is 3.93. The zero-order chi connectivity index (χ0) is 10.9. The molecule has 0 unspecified atom stereocenters. The van der Waals surface area contributed by atoms with E-state index in [-0.39, 0.29) is 5.25 Å². The smallest absolute Gasteiger partial charge is 0.212 e. The molecular weight excluding hydrogens is 210 g/mol. The maximum atomic E-state index is 12.1. The Bertz CT molecular complexity index is 307. The van der Waals surface area contributed by atoms with Crippen molar-refractivity contribution in [3.63, 3.8) is 0 Å². The molecule has 0 spiro atoms. The van der Waals surface area contributed by atoms with Gasteiger partial charge in [0.15, 0.2) is 0 Å². The van der Waals surface area contributed by atoms with E-state index in [9.17, 15) is 8.42 Å². The predicted molar refractivity (Wildman–Crippen MR) is 61.1 cm³/mol. The lowest BCUT2D eigenvalue weighted by atomic mass is 9.86. The molecule has 1 atom stereocenters. The second-order valence-electron chi connectivity index (χ2n) is 4.76. The molecule has 0 radical (unpaired) electrons. The third kappa shape index (κ3) is 2.07. The summed E-state index contributed by atoms with van der Waals surface area (Å²) in [6.45, 7) is 3.33. The summed E-state index contributed by atoms with van der Waals surface area (Å²) in [4.78, 5) is 0. The minimum atomic E-state index is -2.94. The van der Waals surface area contributed by atoms with Crippen molar-refractivity contribution in [2.45, 2.75) is 50.7 Å². The van der Waals surface area contributed by atoms with Gasteiger partial charge in [-0.3, -0.25) is 0 Å². The van der Waals surface area contributed by atoms with Gasteiger partial charge >= 0.3 is 0 Å². The second-order valence-corrected chi connectivity index (χ2v) is 6.91. The Kier molecular flexibility index (Phi) is 3.36. The predicted octanol–water partition coefficient (Wildman–Crippen LogP) is 1.99. The van der Waals surface area contributed by atoms with Gasteiger partial charge in [0.25, 0.3) is 0 Å². The van der Waals surface area contributed by atoms with E-state index in [4.69, 9.17) is 0 Å². The van der Waals surface area contributed by atoms with Crippen molar-refractivity contribution in [1.29, 1.82) is 0 Å². The van der Waals surface area contributed by atoms with Crippen LogP contribution >= 0.6 is 0 Å². The summed E-state index contributed by atoms with van der Waals surface area (Å²) in [5, 5.41) is -0.0576. The molecule has 1 aliphatic heterocycles. The van der Waals surface area contributed by atoms with E-state index < -0.39 is 10.0 Å². The Hall–Kier alpha value is -0.0900. The second kappa shape index (κ2) is 4.42. The number of hydrogen-bond acceptors (Lipinski definition) is 2. The van der Waals surface area contributed by atoms with Crippen LogP contribution in [-0.4, -0.2) is 31.1 Å². The van der Waals surface area contributed by atoms with Crippen LogP contribution in [0.15, 0.2) is 0 Å². The van der Waals surface area contributed by atoms with Crippen molar-refractivity contribution >= 4 is 10.0 Å². The van der Waals surface area contributed by atoms with Crippen LogP contribution in [0, 0.1) is 5.92 Å². The van der Waals surface area contributed by atoms with Crippen LogP contribution in [0.2, 0.25) is 0 Å². The van der Waals surface area contributed by atoms with Crippen LogP contribution in [0.25, 0.3) is 0 Å². The molecule has 2 rings (SSSR count). The summed E-state index contributed by atoms with van der Waals surface area (Å²) < 4.78 is 26.0. The lowest BCUT2D eigenvalue weighted by Crippen LogP contribution is -2.34. The zero-order valence-electron chi connectivity index (χ0n) is 9.48. The summed E-state index contributed by atoms with van der Waals surface area (Å²) in [6.07, 6.45) is 6.86. The first-order chi connectivity index (χ1) is 7.16. The van der Waals surface area contributed by atoms with E-state index in [2.05, 4.69) is 0 Å². The molecule has 88 valence electrons. The minimum Gasteiger partial charge on any atom is -0.212 e. The van der Waals surface area contributed by atoms with Gasteiger partial charge in [0.2, 0.25) is 10.0 Å². The van der Waals surface area contributed by atoms with Gasteiger partial charge in [0.1, 0.15) is 0 Å². The zero-order valence-corrected chi connectivity index (χ0v) is 10.3. The fraction of sp³-hybridized carbons (Fsp3) is 1.00. The maximum Gasteiger partial charge on any atom is 0.217 e. The molecule has 0 N–H and O–H groups in total. The van der Waals surface area contributed by atoms with Gasteiger partial charge in [-0.25, -0.2) is 12.7 Å². The van der Waals surface area contributed by atoms with Crippen molar-refractivity contribution in [3.8, 4) is 0 Å². The molecule has 4 heteroatoms. The van der Waals surface area contributed by atoms with Crippen LogP contribution in [0.5, 0.6) is 0 Å². The summed E-state index contributed by atoms with van der Waals surface area (Å²) in [5.41, 5.74) is 0. The van der Waals surface area contributed by atoms with Gasteiger partial charge in [-0.1, -0.05) is 26.2 Å². The highest BCUT2D eigenvalue weighted by Gasteiger charge is 2.42. The Labute approximate surface area is 92.9 Å². The molecule has 1 heterocycles. The van der Waals surface area contributed by atoms with E-state index in [0.717, 1.165) is 25.8 Å². The molecule has 0 aromatic heterocycles. The van der Waals surface area contributed by atoms with Gasteiger partial charge < -0.3 is 0 Å². The van der Waals surface area contributed by atoms with Crippen LogP contribution < -0.4 is 0 Å². The van der Waals surface area contributed by atoms with Crippen LogP contribution in [0.3, 0.4) is 0 Å². The Morgan fingerprint density at radius 3 is 2.33 bits per heavy atom. The fourth-order valence-corrected chi connectivity index (χ4v) is 5.33. The average molecular weight is 231 g/mol. The minimum absolute atomic E-state index is 0.0576. The Morgan fingerprint density at radius 1 is 1.13 bits per heavy atom. The Morgan fingerprint density at radius 2 is 1.80 bits per heavy atom. The molecule has 0 aromatic rings. The van der Waals surface area contributed by atoms with E-state index >= 15 is 0 Å². The van der Waals surface area contributed by atoms with Gasteiger partial charge in [-0.2, -0.15) is 0 Å². The molecule has 0 aromatic carbocycles. The van der Waals surface area contributed by atoms with Gasteiger partial charge in [-0.05, 0) is 25.2 Å². The standard InChI is InChI=1S/C11H21NO2S/c1-2-12-9-8-11(15(12,13)14)10-6-4-3-5-7-10/h10-11H,2-9H2,1H3/t11-/m1/s1. The van der Waals surface area contributed by atoms with Gasteiger partial charge in [-0.15, -0.1) is 0 Å². The van der Waals surface area contributed by atoms with E-state index in [0.29, 0.717) is 12.5 Å². The van der Waals surface area contributed by atoms with E-state index in [1.54, 1.807) is 4.31 Å². The molecule has 0 bridgehead atoms. The Balaban J connectivity index is 2.10. The third-order valence-corrected chi connectivity index (χ3v) is 6.48. The van der Waals surface area contributed by atoms with Gasteiger partial charge in [0.05, 0.1) is 5.25 Å². The molecule has 2 aliphatic rings. The lowest BCUT2D eigenvalue weighted by Gasteiger charge is -2.27. The van der Waals surface area contributed by atoms with Gasteiger partial charge in [0, 0.05) is 13.1 Å². The lowest BCUT2D eigenvalue weighted by molar-refractivity contribution is 0.340. The number of sulfonamides is 1. The van der Waals surface area contributed by atoms with Crippen LogP contribution in [0.1, 0.15) is 45.4 Å². The molecule has 2 fully saturated rings. The van der Waals surface area contributed by atoms with Crippen LogP contribution in [-0.2, 0) is 10.0 Å². The molecule has 3 nitrogen and oxygen atoms in total. The molecule has 1 saturated heterocycles. The van der Waals surface area contributed by atoms with Crippen molar-refractivity contribution in [2.24, 2.45) is 5.92 Å². The number of nitrogens with zero attached hydrogens (tertiary/aromatic N) is 1. The summed E-state index contributed by atoms with van der Waals surface area (Å²) in [7, 11) is -2.94. The largest absolute Gasteiger partial charge is 0.217 e. The number of hydrogen-bond donors (Lipinski definition) is 0. The number of rotatable bonds is 2. The summed E-state index contributed by atoms with van der Waals surface area (Å²) in [5.74, 6) is 0.445. The first-order valence-corrected chi connectivity index (χ1v) is 7.65. The molecular formula is C11H21NO2S. The average Bonchev–Trinajstić information content (AvgIpc) is 2.54. The SMILES string of the molecule is CCN1CC[C@H](C2CCCCC2)S1(=O)=O. The van der Waals surface area contributed by atoms with Crippen molar-refractivity contribution in [3.05, 3.63) is 0 Å². The molecule has 0 amide bonds. The first-order valence-electron chi connectivity index (χ1n) is 6.15. The highest BCUT2D eigenvalue weighted by Crippen LogP contribution is 2.35. The summed E-state index contributed by atoms with van der Waals surface area (Å²) >= 11 is 0. The van der Waals surface area contributed by atoms with Crippen molar-refractivity contribution in [2.75, 3.05) is 13.1 Å². The first kappa shape index (κ1) is 11.4. The fourth-order valence-electron chi connectivity index (χ4n) is 3.06. The monoisotopic (exact) mass is 231 g/mol.